The van der Waals surface area contributed by atoms with Crippen LogP contribution >= 0.6 is 11.6 Å². The number of fused-ring (bicyclic) bond motifs is 1. The van der Waals surface area contributed by atoms with Gasteiger partial charge >= 0.3 is 5.69 Å². The predicted molar refractivity (Wildman–Crippen MR) is 87.3 cm³/mol. The topological polar surface area (TPSA) is 71.1 Å². The van der Waals surface area contributed by atoms with Gasteiger partial charge in [-0.05, 0) is 17.7 Å². The van der Waals surface area contributed by atoms with Crippen molar-refractivity contribution in [2.24, 2.45) is 14.1 Å². The molecule has 0 N–H and O–H groups in total. The molecule has 120 valence electrons. The van der Waals surface area contributed by atoms with Crippen LogP contribution in [0.25, 0.3) is 11.2 Å². The van der Waals surface area contributed by atoms with Gasteiger partial charge < -0.3 is 4.74 Å². The molecule has 23 heavy (non-hydrogen) atoms. The maximum atomic E-state index is 12.5. The van der Waals surface area contributed by atoms with Crippen molar-refractivity contribution in [1.29, 1.82) is 0 Å². The molecule has 3 rings (SSSR count). The molecule has 0 radical (unpaired) electrons. The van der Waals surface area contributed by atoms with E-state index < -0.39 is 11.2 Å². The predicted octanol–water partition coefficient (Wildman–Crippen LogP) is 1.14. The van der Waals surface area contributed by atoms with Crippen LogP contribution in [0.1, 0.15) is 5.56 Å². The van der Waals surface area contributed by atoms with Crippen molar-refractivity contribution in [3.8, 4) is 6.01 Å². The van der Waals surface area contributed by atoms with E-state index in [2.05, 4.69) is 4.98 Å². The second-order valence-electron chi connectivity index (χ2n) is 5.19. The van der Waals surface area contributed by atoms with Crippen LogP contribution in [0, 0.1) is 0 Å². The highest BCUT2D eigenvalue weighted by atomic mass is 35.5. The lowest BCUT2D eigenvalue weighted by Crippen LogP contribution is -2.37. The third kappa shape index (κ3) is 2.43. The molecule has 0 fully saturated rings. The molecule has 0 amide bonds. The Bertz CT molecular complexity index is 999. The lowest BCUT2D eigenvalue weighted by atomic mass is 10.2. The van der Waals surface area contributed by atoms with E-state index >= 15 is 0 Å². The second kappa shape index (κ2) is 5.58. The minimum absolute atomic E-state index is 0.272. The Balaban J connectivity index is 2.29. The standard InChI is InChI=1S/C15H15ClN4O3/c1-18-12-11(13(21)19(2)15(18)22)20(14(17-12)23-3)8-9-4-6-10(16)7-5-9/h4-7H,8H2,1-3H3. The van der Waals surface area contributed by atoms with Gasteiger partial charge in [-0.2, -0.15) is 4.98 Å². The Kier molecular flexibility index (Phi) is 3.73. The van der Waals surface area contributed by atoms with Crippen LogP contribution < -0.4 is 16.0 Å². The first-order valence-corrected chi connectivity index (χ1v) is 7.26. The highest BCUT2D eigenvalue weighted by molar-refractivity contribution is 6.30. The first-order valence-electron chi connectivity index (χ1n) is 6.88. The van der Waals surface area contributed by atoms with Gasteiger partial charge in [-0.15, -0.1) is 0 Å². The summed E-state index contributed by atoms with van der Waals surface area (Å²) in [5, 5.41) is 0.634. The molecule has 0 aliphatic rings. The molecular weight excluding hydrogens is 320 g/mol. The Morgan fingerprint density at radius 2 is 1.78 bits per heavy atom. The molecule has 0 spiro atoms. The van der Waals surface area contributed by atoms with Gasteiger partial charge in [-0.3, -0.25) is 18.5 Å². The van der Waals surface area contributed by atoms with E-state index in [-0.39, 0.29) is 6.01 Å². The van der Waals surface area contributed by atoms with E-state index in [9.17, 15) is 9.59 Å². The summed E-state index contributed by atoms with van der Waals surface area (Å²) >= 11 is 5.90. The molecule has 7 nitrogen and oxygen atoms in total. The number of methoxy groups -OCH3 is 1. The van der Waals surface area contributed by atoms with Crippen LogP contribution in [0.3, 0.4) is 0 Å². The summed E-state index contributed by atoms with van der Waals surface area (Å²) in [5.41, 5.74) is 0.711. The molecule has 0 aliphatic heterocycles. The third-order valence-electron chi connectivity index (χ3n) is 3.75. The molecule has 3 aromatic rings. The largest absolute Gasteiger partial charge is 0.468 e. The fourth-order valence-electron chi connectivity index (χ4n) is 2.50. The van der Waals surface area contributed by atoms with Crippen LogP contribution in [-0.2, 0) is 20.6 Å². The van der Waals surface area contributed by atoms with Gasteiger partial charge in [-0.1, -0.05) is 23.7 Å². The van der Waals surface area contributed by atoms with Crippen molar-refractivity contribution in [2.75, 3.05) is 7.11 Å². The quantitative estimate of drug-likeness (QED) is 0.720. The van der Waals surface area contributed by atoms with Crippen LogP contribution in [0.15, 0.2) is 33.9 Å². The minimum Gasteiger partial charge on any atom is -0.468 e. The number of hydrogen-bond acceptors (Lipinski definition) is 4. The summed E-state index contributed by atoms with van der Waals surface area (Å²) in [6, 6.07) is 7.54. The van der Waals surface area contributed by atoms with Gasteiger partial charge in [0.25, 0.3) is 11.6 Å². The van der Waals surface area contributed by atoms with Crippen LogP contribution in [-0.4, -0.2) is 25.8 Å². The molecule has 0 atom stereocenters. The molecular formula is C15H15ClN4O3. The van der Waals surface area contributed by atoms with Gasteiger partial charge in [0, 0.05) is 19.1 Å². The fraction of sp³-hybridized carbons (Fsp3) is 0.267. The SMILES string of the molecule is COc1nc2c(c(=O)n(C)c(=O)n2C)n1Cc1ccc(Cl)cc1. The third-order valence-corrected chi connectivity index (χ3v) is 4.00. The molecule has 1 aromatic carbocycles. The van der Waals surface area contributed by atoms with E-state index in [1.807, 2.05) is 12.1 Å². The smallest absolute Gasteiger partial charge is 0.332 e. The number of ether oxygens (including phenoxy) is 1. The Morgan fingerprint density at radius 1 is 1.13 bits per heavy atom. The number of aromatic nitrogens is 4. The molecule has 0 unspecified atom stereocenters. The fourth-order valence-corrected chi connectivity index (χ4v) is 2.63. The average molecular weight is 335 g/mol. The van der Waals surface area contributed by atoms with Crippen LogP contribution in [0.5, 0.6) is 6.01 Å². The summed E-state index contributed by atoms with van der Waals surface area (Å²) < 4.78 is 9.32. The van der Waals surface area contributed by atoms with E-state index in [4.69, 9.17) is 16.3 Å². The van der Waals surface area contributed by atoms with E-state index in [1.54, 1.807) is 23.7 Å². The van der Waals surface area contributed by atoms with Crippen molar-refractivity contribution < 1.29 is 4.74 Å². The Morgan fingerprint density at radius 3 is 2.39 bits per heavy atom. The highest BCUT2D eigenvalue weighted by Gasteiger charge is 2.19. The van der Waals surface area contributed by atoms with Gasteiger partial charge in [-0.25, -0.2) is 4.79 Å². The minimum atomic E-state index is -0.429. The zero-order chi connectivity index (χ0) is 16.7. The summed E-state index contributed by atoms with van der Waals surface area (Å²) in [5.74, 6) is 0. The van der Waals surface area contributed by atoms with Crippen LogP contribution in [0.2, 0.25) is 5.02 Å². The molecule has 8 heteroatoms. The molecule has 2 aromatic heterocycles. The van der Waals surface area contributed by atoms with Crippen molar-refractivity contribution in [2.45, 2.75) is 6.54 Å². The zero-order valence-corrected chi connectivity index (χ0v) is 13.7. The lowest BCUT2D eigenvalue weighted by molar-refractivity contribution is 0.364. The number of imidazole rings is 1. The Labute approximate surface area is 136 Å². The summed E-state index contributed by atoms with van der Waals surface area (Å²) in [7, 11) is 4.49. The average Bonchev–Trinajstić information content (AvgIpc) is 2.91. The van der Waals surface area contributed by atoms with Crippen molar-refractivity contribution in [1.82, 2.24) is 18.7 Å². The maximum absolute atomic E-state index is 12.5. The van der Waals surface area contributed by atoms with E-state index in [0.29, 0.717) is 22.7 Å². The summed E-state index contributed by atoms with van der Waals surface area (Å²) in [6.07, 6.45) is 0. The van der Waals surface area contributed by atoms with E-state index in [0.717, 1.165) is 10.1 Å². The monoisotopic (exact) mass is 334 g/mol. The Hall–Kier alpha value is -2.54. The number of benzene rings is 1. The summed E-state index contributed by atoms with van der Waals surface area (Å²) in [4.78, 5) is 28.8. The van der Waals surface area contributed by atoms with Crippen molar-refractivity contribution in [3.63, 3.8) is 0 Å². The lowest BCUT2D eigenvalue weighted by Gasteiger charge is -2.08. The van der Waals surface area contributed by atoms with Crippen LogP contribution in [0.4, 0.5) is 0 Å². The normalized spacial score (nSPS) is 11.1. The number of hydrogen-bond donors (Lipinski definition) is 0. The second-order valence-corrected chi connectivity index (χ2v) is 5.63. The van der Waals surface area contributed by atoms with Gasteiger partial charge in [0.15, 0.2) is 11.2 Å². The van der Waals surface area contributed by atoms with Crippen molar-refractivity contribution in [3.05, 3.63) is 55.7 Å². The molecule has 0 saturated carbocycles. The molecule has 0 aliphatic carbocycles. The van der Waals surface area contributed by atoms with Gasteiger partial charge in [0.1, 0.15) is 0 Å². The molecule has 2 heterocycles. The zero-order valence-electron chi connectivity index (χ0n) is 12.9. The number of rotatable bonds is 3. The van der Waals surface area contributed by atoms with Gasteiger partial charge in [0.2, 0.25) is 0 Å². The highest BCUT2D eigenvalue weighted by Crippen LogP contribution is 2.20. The molecule has 0 saturated heterocycles. The molecule has 0 bridgehead atoms. The first-order chi connectivity index (χ1) is 10.9. The maximum Gasteiger partial charge on any atom is 0.332 e. The first kappa shape index (κ1) is 15.4. The summed E-state index contributed by atoms with van der Waals surface area (Å²) in [6.45, 7) is 0.379. The number of nitrogens with zero attached hydrogens (tertiary/aromatic N) is 4. The van der Waals surface area contributed by atoms with Gasteiger partial charge in [0.05, 0.1) is 13.7 Å². The van der Waals surface area contributed by atoms with E-state index in [1.165, 1.54) is 18.7 Å². The number of halogens is 1. The number of aryl methyl sites for hydroxylation is 1. The van der Waals surface area contributed by atoms with Crippen molar-refractivity contribution >= 4 is 22.8 Å².